The summed E-state index contributed by atoms with van der Waals surface area (Å²) < 4.78 is 1.60. The predicted molar refractivity (Wildman–Crippen MR) is 112 cm³/mol. The van der Waals surface area contributed by atoms with Crippen LogP contribution in [0.25, 0.3) is 0 Å². The minimum Gasteiger partial charge on any atom is -0.390 e. The number of amides is 3. The second-order valence-electron chi connectivity index (χ2n) is 6.23. The molecule has 0 saturated carbocycles. The molecule has 0 aliphatic carbocycles. The van der Waals surface area contributed by atoms with Gasteiger partial charge >= 0.3 is 0 Å². The van der Waals surface area contributed by atoms with Crippen LogP contribution in [0.4, 0.5) is 11.4 Å². The molecule has 2 aromatic rings. The fraction of sp³-hybridized carbons (Fsp3) is 0.368. The molecule has 0 aliphatic rings. The first-order valence-corrected chi connectivity index (χ1v) is 10.1. The molecular formula is C19H25N5O4S. The Kier molecular flexibility index (Phi) is 8.68. The predicted octanol–water partition coefficient (Wildman–Crippen LogP) is 1.59. The highest BCUT2D eigenvalue weighted by atomic mass is 32.2. The van der Waals surface area contributed by atoms with E-state index in [9.17, 15) is 19.5 Å². The number of carbonyl (C=O) groups is 3. The maximum absolute atomic E-state index is 12.3. The van der Waals surface area contributed by atoms with Gasteiger partial charge in [-0.25, -0.2) is 4.98 Å². The number of carbonyl (C=O) groups excluding carboxylic acids is 3. The maximum atomic E-state index is 12.3. The van der Waals surface area contributed by atoms with Crippen LogP contribution in [0, 0.1) is 0 Å². The Morgan fingerprint density at radius 2 is 1.90 bits per heavy atom. The molecule has 0 spiro atoms. The van der Waals surface area contributed by atoms with Crippen molar-refractivity contribution in [1.29, 1.82) is 0 Å². The van der Waals surface area contributed by atoms with Gasteiger partial charge in [0.1, 0.15) is 6.54 Å². The number of aliphatic hydroxyl groups excluding tert-OH is 1. The van der Waals surface area contributed by atoms with Crippen LogP contribution >= 0.6 is 11.8 Å². The molecule has 1 aromatic heterocycles. The van der Waals surface area contributed by atoms with Gasteiger partial charge in [0.05, 0.1) is 24.3 Å². The Hall–Kier alpha value is -2.85. The summed E-state index contributed by atoms with van der Waals surface area (Å²) in [5.41, 5.74) is 1.65. The van der Waals surface area contributed by atoms with Crippen LogP contribution in [0.5, 0.6) is 0 Å². The highest BCUT2D eigenvalue weighted by molar-refractivity contribution is 7.99. The number of nitrogens with zero attached hydrogens (tertiary/aromatic N) is 2. The summed E-state index contributed by atoms with van der Waals surface area (Å²) in [6.45, 7) is 3.72. The molecule has 0 radical (unpaired) electrons. The SMILES string of the molecule is CCCNC(=O)Cn1c(CO)cnc1SCC(=O)Nc1cccc(NC(C)=O)c1. The lowest BCUT2D eigenvalue weighted by Crippen LogP contribution is -2.29. The monoisotopic (exact) mass is 419 g/mol. The van der Waals surface area contributed by atoms with Gasteiger partial charge in [-0.15, -0.1) is 0 Å². The number of hydrogen-bond donors (Lipinski definition) is 4. The van der Waals surface area contributed by atoms with Crippen LogP contribution in [-0.4, -0.2) is 44.7 Å². The van der Waals surface area contributed by atoms with Crippen LogP contribution < -0.4 is 16.0 Å². The molecule has 156 valence electrons. The van der Waals surface area contributed by atoms with Crippen molar-refractivity contribution in [2.45, 2.75) is 38.6 Å². The van der Waals surface area contributed by atoms with E-state index in [4.69, 9.17) is 0 Å². The lowest BCUT2D eigenvalue weighted by Gasteiger charge is -2.11. The van der Waals surface area contributed by atoms with Gasteiger partial charge in [-0.05, 0) is 24.6 Å². The zero-order valence-corrected chi connectivity index (χ0v) is 17.2. The van der Waals surface area contributed by atoms with Crippen LogP contribution in [0.3, 0.4) is 0 Å². The third-order valence-corrected chi connectivity index (χ3v) is 4.73. The number of anilines is 2. The van der Waals surface area contributed by atoms with E-state index in [2.05, 4.69) is 20.9 Å². The molecule has 0 bridgehead atoms. The van der Waals surface area contributed by atoms with Crippen molar-refractivity contribution in [1.82, 2.24) is 14.9 Å². The third kappa shape index (κ3) is 7.24. The molecule has 3 amide bonds. The molecule has 0 fully saturated rings. The van der Waals surface area contributed by atoms with Gasteiger partial charge in [0, 0.05) is 24.8 Å². The topological polar surface area (TPSA) is 125 Å². The van der Waals surface area contributed by atoms with Gasteiger partial charge in [0.25, 0.3) is 0 Å². The highest BCUT2D eigenvalue weighted by Crippen LogP contribution is 2.20. The first-order valence-electron chi connectivity index (χ1n) is 9.15. The Balaban J connectivity index is 1.97. The minimum atomic E-state index is -0.259. The summed E-state index contributed by atoms with van der Waals surface area (Å²) in [5, 5.41) is 18.1. The molecule has 0 aliphatic heterocycles. The second-order valence-corrected chi connectivity index (χ2v) is 7.17. The zero-order chi connectivity index (χ0) is 21.2. The Morgan fingerprint density at radius 3 is 2.55 bits per heavy atom. The molecule has 10 heteroatoms. The average Bonchev–Trinajstić information content (AvgIpc) is 3.06. The number of hydrogen-bond acceptors (Lipinski definition) is 6. The second kappa shape index (κ2) is 11.2. The first-order chi connectivity index (χ1) is 13.9. The van der Waals surface area contributed by atoms with Crippen LogP contribution in [0.2, 0.25) is 0 Å². The van der Waals surface area contributed by atoms with Crippen molar-refractivity contribution in [3.05, 3.63) is 36.2 Å². The molecule has 0 saturated heterocycles. The van der Waals surface area contributed by atoms with Gasteiger partial charge in [0.15, 0.2) is 5.16 Å². The van der Waals surface area contributed by atoms with Gasteiger partial charge in [-0.3, -0.25) is 14.4 Å². The summed E-state index contributed by atoms with van der Waals surface area (Å²) >= 11 is 1.17. The van der Waals surface area contributed by atoms with Crippen LogP contribution in [-0.2, 0) is 27.5 Å². The normalized spacial score (nSPS) is 10.4. The molecule has 1 aromatic carbocycles. The standard InChI is InChI=1S/C19H25N5O4S/c1-3-7-20-17(27)10-24-16(11-25)9-21-19(24)29-12-18(28)23-15-6-4-5-14(8-15)22-13(2)26/h4-6,8-9,25H,3,7,10-12H2,1-2H3,(H,20,27)(H,22,26)(H,23,28). The van der Waals surface area contributed by atoms with E-state index < -0.39 is 0 Å². The Morgan fingerprint density at radius 1 is 1.17 bits per heavy atom. The van der Waals surface area contributed by atoms with E-state index in [1.807, 2.05) is 6.92 Å². The summed E-state index contributed by atoms with van der Waals surface area (Å²) in [7, 11) is 0. The van der Waals surface area contributed by atoms with Gasteiger partial charge < -0.3 is 25.6 Å². The summed E-state index contributed by atoms with van der Waals surface area (Å²) in [5.74, 6) is -0.562. The van der Waals surface area contributed by atoms with Crippen LogP contribution in [0.1, 0.15) is 26.0 Å². The van der Waals surface area contributed by atoms with E-state index >= 15 is 0 Å². The van der Waals surface area contributed by atoms with E-state index in [1.165, 1.54) is 24.9 Å². The lowest BCUT2D eigenvalue weighted by molar-refractivity contribution is -0.121. The van der Waals surface area contributed by atoms with Crippen molar-refractivity contribution < 1.29 is 19.5 Å². The molecule has 1 heterocycles. The molecule has 0 atom stereocenters. The lowest BCUT2D eigenvalue weighted by atomic mass is 10.2. The summed E-state index contributed by atoms with van der Waals surface area (Å²) in [6.07, 6.45) is 2.32. The largest absolute Gasteiger partial charge is 0.390 e. The number of benzene rings is 1. The van der Waals surface area contributed by atoms with E-state index in [0.29, 0.717) is 28.8 Å². The number of aliphatic hydroxyl groups is 1. The molecule has 29 heavy (non-hydrogen) atoms. The Labute approximate surface area is 173 Å². The zero-order valence-electron chi connectivity index (χ0n) is 16.4. The van der Waals surface area contributed by atoms with E-state index in [1.54, 1.807) is 28.8 Å². The number of imidazole rings is 1. The quantitative estimate of drug-likeness (QED) is 0.434. The summed E-state index contributed by atoms with van der Waals surface area (Å²) in [4.78, 5) is 39.6. The highest BCUT2D eigenvalue weighted by Gasteiger charge is 2.15. The maximum Gasteiger partial charge on any atom is 0.240 e. The van der Waals surface area contributed by atoms with Crippen molar-refractivity contribution >= 4 is 40.9 Å². The van der Waals surface area contributed by atoms with Crippen molar-refractivity contribution in [2.24, 2.45) is 0 Å². The van der Waals surface area contributed by atoms with Crippen molar-refractivity contribution in [2.75, 3.05) is 22.9 Å². The van der Waals surface area contributed by atoms with Crippen molar-refractivity contribution in [3.8, 4) is 0 Å². The van der Waals surface area contributed by atoms with Gasteiger partial charge in [-0.1, -0.05) is 24.8 Å². The van der Waals surface area contributed by atoms with Gasteiger partial charge in [-0.2, -0.15) is 0 Å². The third-order valence-electron chi connectivity index (χ3n) is 3.74. The molecule has 2 rings (SSSR count). The molecule has 4 N–H and O–H groups in total. The van der Waals surface area contributed by atoms with Gasteiger partial charge in [0.2, 0.25) is 17.7 Å². The first kappa shape index (κ1) is 22.4. The smallest absolute Gasteiger partial charge is 0.240 e. The number of thioether (sulfide) groups is 1. The molecule has 9 nitrogen and oxygen atoms in total. The van der Waals surface area contributed by atoms with Crippen LogP contribution in [0.15, 0.2) is 35.6 Å². The minimum absolute atomic E-state index is 0.0264. The van der Waals surface area contributed by atoms with Crippen molar-refractivity contribution in [3.63, 3.8) is 0 Å². The average molecular weight is 420 g/mol. The fourth-order valence-electron chi connectivity index (χ4n) is 2.47. The number of aromatic nitrogens is 2. The molecule has 0 unspecified atom stereocenters. The number of nitrogens with one attached hydrogen (secondary N) is 3. The summed E-state index contributed by atoms with van der Waals surface area (Å²) in [6, 6.07) is 6.83. The fourth-order valence-corrected chi connectivity index (χ4v) is 3.27. The van der Waals surface area contributed by atoms with E-state index in [-0.39, 0.29) is 36.6 Å². The molecular weight excluding hydrogens is 394 g/mol. The number of rotatable bonds is 10. The Bertz CT molecular complexity index is 868. The van der Waals surface area contributed by atoms with E-state index in [0.717, 1.165) is 6.42 Å².